The lowest BCUT2D eigenvalue weighted by Gasteiger charge is -2.21. The molecule has 0 radical (unpaired) electrons. The smallest absolute Gasteiger partial charge is 0.175 e. The minimum absolute atomic E-state index is 0.261. The summed E-state index contributed by atoms with van der Waals surface area (Å²) in [5.41, 5.74) is 7.24. The molecule has 96 valence electrons. The Bertz CT molecular complexity index is 486. The number of benzene rings is 1. The van der Waals surface area contributed by atoms with Crippen LogP contribution in [0.1, 0.15) is 0 Å². The Hall–Kier alpha value is -0.880. The van der Waals surface area contributed by atoms with Crippen molar-refractivity contribution < 1.29 is 8.42 Å². The minimum Gasteiger partial charge on any atom is -0.397 e. The van der Waals surface area contributed by atoms with Crippen molar-refractivity contribution in [2.24, 2.45) is 0 Å². The van der Waals surface area contributed by atoms with Gasteiger partial charge < -0.3 is 10.6 Å². The quantitative estimate of drug-likeness (QED) is 0.824. The van der Waals surface area contributed by atoms with E-state index in [1.165, 1.54) is 12.3 Å². The Kier molecular flexibility index (Phi) is 4.70. The summed E-state index contributed by atoms with van der Waals surface area (Å²) in [5, 5.41) is 0. The average molecular weight is 274 g/mol. The number of anilines is 2. The van der Waals surface area contributed by atoms with E-state index in [0.29, 0.717) is 5.69 Å². The second kappa shape index (κ2) is 5.64. The summed E-state index contributed by atoms with van der Waals surface area (Å²) in [7, 11) is -1.24. The lowest BCUT2D eigenvalue weighted by Crippen LogP contribution is -2.21. The van der Waals surface area contributed by atoms with Gasteiger partial charge in [0.1, 0.15) is 0 Å². The zero-order chi connectivity index (χ0) is 13.1. The maximum absolute atomic E-state index is 11.4. The van der Waals surface area contributed by atoms with Crippen molar-refractivity contribution >= 4 is 33.0 Å². The van der Waals surface area contributed by atoms with Gasteiger partial charge in [-0.25, -0.2) is 8.42 Å². The summed E-state index contributed by atoms with van der Waals surface area (Å²) in [4.78, 5) is 2.29. The zero-order valence-electron chi connectivity index (χ0n) is 10.3. The van der Waals surface area contributed by atoms with E-state index in [2.05, 4.69) is 0 Å². The Balaban J connectivity index is 2.98. The van der Waals surface area contributed by atoms with Gasteiger partial charge in [-0.2, -0.15) is 11.8 Å². The molecule has 4 nitrogen and oxygen atoms in total. The first-order chi connectivity index (χ1) is 7.86. The Morgan fingerprint density at radius 2 is 2.06 bits per heavy atom. The molecule has 0 aliphatic rings. The van der Waals surface area contributed by atoms with Crippen LogP contribution in [0.25, 0.3) is 0 Å². The summed E-state index contributed by atoms with van der Waals surface area (Å²) in [6, 6.07) is 4.86. The van der Waals surface area contributed by atoms with Crippen LogP contribution in [0.4, 0.5) is 11.4 Å². The molecule has 0 saturated heterocycles. The molecule has 1 rings (SSSR count). The standard InChI is InChI=1S/C11H18N2O2S2/c1-13(6-7-16-2)11-5-4-9(8-10(11)12)17(3,14)15/h4-5,8H,6-7,12H2,1-3H3. The van der Waals surface area contributed by atoms with Gasteiger partial charge >= 0.3 is 0 Å². The van der Waals surface area contributed by atoms with E-state index < -0.39 is 9.84 Å². The van der Waals surface area contributed by atoms with Gasteiger partial charge in [-0.3, -0.25) is 0 Å². The molecule has 0 amide bonds. The van der Waals surface area contributed by atoms with E-state index in [0.717, 1.165) is 18.0 Å². The molecule has 2 N–H and O–H groups in total. The van der Waals surface area contributed by atoms with Crippen LogP contribution >= 0.6 is 11.8 Å². The van der Waals surface area contributed by atoms with Gasteiger partial charge in [0.2, 0.25) is 0 Å². The van der Waals surface area contributed by atoms with Gasteiger partial charge in [0, 0.05) is 25.6 Å². The van der Waals surface area contributed by atoms with Crippen LogP contribution in [-0.4, -0.2) is 40.3 Å². The van der Waals surface area contributed by atoms with E-state index in [-0.39, 0.29) is 4.90 Å². The van der Waals surface area contributed by atoms with Crippen molar-refractivity contribution in [3.05, 3.63) is 18.2 Å². The molecule has 6 heteroatoms. The first-order valence-corrected chi connectivity index (χ1v) is 8.44. The molecule has 0 spiro atoms. The molecule has 1 aromatic rings. The van der Waals surface area contributed by atoms with Gasteiger partial charge in [0.25, 0.3) is 0 Å². The van der Waals surface area contributed by atoms with Gasteiger partial charge in [-0.05, 0) is 24.5 Å². The highest BCUT2D eigenvalue weighted by Gasteiger charge is 2.11. The molecule has 0 aromatic heterocycles. The predicted molar refractivity (Wildman–Crippen MR) is 75.6 cm³/mol. The molecule has 0 bridgehead atoms. The number of hydrogen-bond acceptors (Lipinski definition) is 5. The highest BCUT2D eigenvalue weighted by Crippen LogP contribution is 2.25. The van der Waals surface area contributed by atoms with Crippen LogP contribution in [0.2, 0.25) is 0 Å². The predicted octanol–water partition coefficient (Wildman–Crippen LogP) is 1.47. The first-order valence-electron chi connectivity index (χ1n) is 5.16. The lowest BCUT2D eigenvalue weighted by atomic mass is 10.2. The Morgan fingerprint density at radius 3 is 2.53 bits per heavy atom. The average Bonchev–Trinajstić information content (AvgIpc) is 2.24. The third-order valence-electron chi connectivity index (χ3n) is 2.47. The molecule has 0 heterocycles. The van der Waals surface area contributed by atoms with Crippen molar-refractivity contribution in [3.63, 3.8) is 0 Å². The van der Waals surface area contributed by atoms with Crippen LogP contribution in [0.3, 0.4) is 0 Å². The van der Waals surface area contributed by atoms with E-state index in [1.807, 2.05) is 18.2 Å². The van der Waals surface area contributed by atoms with Crippen molar-refractivity contribution in [1.29, 1.82) is 0 Å². The highest BCUT2D eigenvalue weighted by atomic mass is 32.2. The molecular formula is C11H18N2O2S2. The molecule has 17 heavy (non-hydrogen) atoms. The van der Waals surface area contributed by atoms with Crippen LogP contribution in [0.5, 0.6) is 0 Å². The number of thioether (sulfide) groups is 1. The zero-order valence-corrected chi connectivity index (χ0v) is 11.9. The monoisotopic (exact) mass is 274 g/mol. The Morgan fingerprint density at radius 1 is 1.41 bits per heavy atom. The van der Waals surface area contributed by atoms with Gasteiger partial charge in [0.15, 0.2) is 9.84 Å². The number of nitrogens with two attached hydrogens (primary N) is 1. The Labute approximate surface area is 107 Å². The normalized spacial score (nSPS) is 11.5. The summed E-state index contributed by atoms with van der Waals surface area (Å²) in [6.45, 7) is 0.879. The largest absolute Gasteiger partial charge is 0.397 e. The number of rotatable bonds is 5. The minimum atomic E-state index is -3.19. The van der Waals surface area contributed by atoms with Crippen molar-refractivity contribution in [2.45, 2.75) is 4.90 Å². The molecule has 0 aliphatic carbocycles. The summed E-state index contributed by atoms with van der Waals surface area (Å²) >= 11 is 1.76. The molecule has 0 atom stereocenters. The number of nitrogens with zero attached hydrogens (tertiary/aromatic N) is 1. The molecule has 0 fully saturated rings. The van der Waals surface area contributed by atoms with E-state index in [9.17, 15) is 8.42 Å². The first kappa shape index (κ1) is 14.2. The van der Waals surface area contributed by atoms with Gasteiger partial charge in [-0.15, -0.1) is 0 Å². The molecule has 0 unspecified atom stereocenters. The van der Waals surface area contributed by atoms with E-state index in [4.69, 9.17) is 5.73 Å². The van der Waals surface area contributed by atoms with Crippen molar-refractivity contribution in [2.75, 3.05) is 42.5 Å². The summed E-state index contributed by atoms with van der Waals surface area (Å²) in [5.74, 6) is 1.00. The molecule has 0 saturated carbocycles. The number of sulfone groups is 1. The van der Waals surface area contributed by atoms with Crippen molar-refractivity contribution in [1.82, 2.24) is 0 Å². The molecule has 1 aromatic carbocycles. The van der Waals surface area contributed by atoms with E-state index >= 15 is 0 Å². The fraction of sp³-hybridized carbons (Fsp3) is 0.455. The highest BCUT2D eigenvalue weighted by molar-refractivity contribution is 7.98. The summed E-state index contributed by atoms with van der Waals surface area (Å²) in [6.07, 6.45) is 3.23. The van der Waals surface area contributed by atoms with Crippen LogP contribution in [0.15, 0.2) is 23.1 Å². The second-order valence-electron chi connectivity index (χ2n) is 3.91. The molecular weight excluding hydrogens is 256 g/mol. The third-order valence-corrected chi connectivity index (χ3v) is 4.17. The topological polar surface area (TPSA) is 63.4 Å². The van der Waals surface area contributed by atoms with Gasteiger partial charge in [0.05, 0.1) is 16.3 Å². The maximum atomic E-state index is 11.4. The lowest BCUT2D eigenvalue weighted by molar-refractivity contribution is 0.602. The van der Waals surface area contributed by atoms with Crippen LogP contribution in [0, 0.1) is 0 Å². The SMILES string of the molecule is CSCCN(C)c1ccc(S(C)(=O)=O)cc1N. The van der Waals surface area contributed by atoms with Crippen LogP contribution < -0.4 is 10.6 Å². The summed E-state index contributed by atoms with van der Waals surface area (Å²) < 4.78 is 22.7. The van der Waals surface area contributed by atoms with Gasteiger partial charge in [-0.1, -0.05) is 0 Å². The molecule has 0 aliphatic heterocycles. The fourth-order valence-corrected chi connectivity index (χ4v) is 2.57. The van der Waals surface area contributed by atoms with E-state index in [1.54, 1.807) is 23.9 Å². The number of nitrogen functional groups attached to an aromatic ring is 1. The van der Waals surface area contributed by atoms with Crippen LogP contribution in [-0.2, 0) is 9.84 Å². The third kappa shape index (κ3) is 3.81. The van der Waals surface area contributed by atoms with Crippen molar-refractivity contribution in [3.8, 4) is 0 Å². The number of hydrogen-bond donors (Lipinski definition) is 1. The second-order valence-corrected chi connectivity index (χ2v) is 6.91. The maximum Gasteiger partial charge on any atom is 0.175 e. The fourth-order valence-electron chi connectivity index (χ4n) is 1.46.